The molecule has 0 unspecified atom stereocenters. The number of rotatable bonds is 1. The predicted octanol–water partition coefficient (Wildman–Crippen LogP) is 2.64. The Balaban J connectivity index is 2.11. The van der Waals surface area contributed by atoms with Crippen LogP contribution in [0.25, 0.3) is 28.1 Å². The molecule has 0 saturated heterocycles. The van der Waals surface area contributed by atoms with Crippen LogP contribution in [0.2, 0.25) is 0 Å². The fraction of sp³-hybridized carbons (Fsp3) is 0.0769. The lowest BCUT2D eigenvalue weighted by Gasteiger charge is -2.01. The van der Waals surface area contributed by atoms with Crippen molar-refractivity contribution in [3.8, 4) is 11.4 Å². The van der Waals surface area contributed by atoms with E-state index >= 15 is 0 Å². The smallest absolute Gasteiger partial charge is 0.209 e. The monoisotopic (exact) mass is 282 g/mol. The number of aromatic nitrogens is 6. The number of hydrogen-bond donors (Lipinski definition) is 2. The second kappa shape index (κ2) is 3.97. The molecule has 7 heteroatoms. The van der Waals surface area contributed by atoms with Crippen molar-refractivity contribution in [3.05, 3.63) is 40.8 Å². The topological polar surface area (TPSA) is 74.7 Å². The first kappa shape index (κ1) is 11.3. The van der Waals surface area contributed by atoms with Gasteiger partial charge in [0.1, 0.15) is 5.65 Å². The molecule has 3 heterocycles. The molecule has 0 aliphatic carbocycles. The highest BCUT2D eigenvalue weighted by Gasteiger charge is 2.12. The first-order chi connectivity index (χ1) is 9.74. The minimum atomic E-state index is 0.445. The van der Waals surface area contributed by atoms with Gasteiger partial charge < -0.3 is 0 Å². The Bertz CT molecular complexity index is 976. The summed E-state index contributed by atoms with van der Waals surface area (Å²) in [6.45, 7) is 2.05. The normalized spacial score (nSPS) is 11.4. The molecule has 20 heavy (non-hydrogen) atoms. The zero-order valence-corrected chi connectivity index (χ0v) is 11.4. The van der Waals surface area contributed by atoms with Crippen LogP contribution >= 0.6 is 12.2 Å². The molecule has 0 aliphatic heterocycles. The van der Waals surface area contributed by atoms with E-state index in [9.17, 15) is 0 Å². The molecule has 3 aromatic heterocycles. The number of benzene rings is 1. The lowest BCUT2D eigenvalue weighted by atomic mass is 10.1. The average Bonchev–Trinajstić information content (AvgIpc) is 3.05. The molecule has 2 N–H and O–H groups in total. The molecule has 98 valence electrons. The number of nitrogens with one attached hydrogen (secondary N) is 2. The van der Waals surface area contributed by atoms with Gasteiger partial charge in [0.25, 0.3) is 0 Å². The van der Waals surface area contributed by atoms with Crippen molar-refractivity contribution in [1.29, 1.82) is 0 Å². The van der Waals surface area contributed by atoms with Crippen LogP contribution < -0.4 is 0 Å². The first-order valence-electron chi connectivity index (χ1n) is 6.11. The van der Waals surface area contributed by atoms with Gasteiger partial charge in [0.15, 0.2) is 11.5 Å². The number of nitrogens with zero attached hydrogens (tertiary/aromatic N) is 4. The van der Waals surface area contributed by atoms with Gasteiger partial charge in [-0.3, -0.25) is 14.6 Å². The fourth-order valence-corrected chi connectivity index (χ4v) is 2.53. The maximum atomic E-state index is 5.36. The lowest BCUT2D eigenvalue weighted by Crippen LogP contribution is -1.95. The Hall–Kier alpha value is -2.54. The zero-order valence-electron chi connectivity index (χ0n) is 10.6. The van der Waals surface area contributed by atoms with Crippen molar-refractivity contribution in [2.75, 3.05) is 0 Å². The van der Waals surface area contributed by atoms with Crippen molar-refractivity contribution in [2.45, 2.75) is 6.92 Å². The highest BCUT2D eigenvalue weighted by molar-refractivity contribution is 7.71. The maximum Gasteiger partial charge on any atom is 0.209 e. The first-order valence-corrected chi connectivity index (χ1v) is 6.52. The minimum Gasteiger partial charge on any atom is -0.261 e. The summed E-state index contributed by atoms with van der Waals surface area (Å²) < 4.78 is 2.28. The molecule has 6 nitrogen and oxygen atoms in total. The molecule has 4 aromatic rings. The minimum absolute atomic E-state index is 0.445. The molecule has 0 atom stereocenters. The Morgan fingerprint density at radius 1 is 1.15 bits per heavy atom. The van der Waals surface area contributed by atoms with Crippen molar-refractivity contribution in [3.63, 3.8) is 0 Å². The third-order valence-electron chi connectivity index (χ3n) is 3.29. The highest BCUT2D eigenvalue weighted by atomic mass is 32.1. The van der Waals surface area contributed by atoms with Gasteiger partial charge in [-0.05, 0) is 19.1 Å². The van der Waals surface area contributed by atoms with E-state index in [1.165, 1.54) is 5.56 Å². The van der Waals surface area contributed by atoms with Gasteiger partial charge in [0.2, 0.25) is 4.77 Å². The molecule has 0 amide bonds. The summed E-state index contributed by atoms with van der Waals surface area (Å²) in [6, 6.07) is 8.13. The van der Waals surface area contributed by atoms with Gasteiger partial charge in [0.05, 0.1) is 11.6 Å². The van der Waals surface area contributed by atoms with Gasteiger partial charge in [-0.15, -0.1) is 0 Å². The molecule has 0 aliphatic rings. The van der Waals surface area contributed by atoms with Gasteiger partial charge in [0, 0.05) is 5.56 Å². The molecule has 1 aromatic carbocycles. The predicted molar refractivity (Wildman–Crippen MR) is 78.0 cm³/mol. The van der Waals surface area contributed by atoms with Crippen LogP contribution in [0.5, 0.6) is 0 Å². The zero-order chi connectivity index (χ0) is 13.7. The summed E-state index contributed by atoms with van der Waals surface area (Å²) >= 11 is 5.36. The van der Waals surface area contributed by atoms with Crippen molar-refractivity contribution in [1.82, 2.24) is 29.8 Å². The molecule has 0 saturated carbocycles. The Labute approximate surface area is 118 Å². The van der Waals surface area contributed by atoms with E-state index in [0.717, 1.165) is 22.4 Å². The quantitative estimate of drug-likeness (QED) is 0.526. The fourth-order valence-electron chi connectivity index (χ4n) is 2.26. The van der Waals surface area contributed by atoms with Crippen LogP contribution in [-0.4, -0.2) is 29.8 Å². The van der Waals surface area contributed by atoms with E-state index in [1.807, 2.05) is 28.7 Å². The van der Waals surface area contributed by atoms with Crippen molar-refractivity contribution < 1.29 is 0 Å². The summed E-state index contributed by atoms with van der Waals surface area (Å²) in [5.41, 5.74) is 3.65. The summed E-state index contributed by atoms with van der Waals surface area (Å²) in [4.78, 5) is 4.34. The average molecular weight is 282 g/mol. The van der Waals surface area contributed by atoms with Crippen LogP contribution in [0.3, 0.4) is 0 Å². The van der Waals surface area contributed by atoms with E-state index in [1.54, 1.807) is 6.20 Å². The highest BCUT2D eigenvalue weighted by Crippen LogP contribution is 2.22. The van der Waals surface area contributed by atoms with Gasteiger partial charge in [-0.25, -0.2) is 0 Å². The van der Waals surface area contributed by atoms with Gasteiger partial charge >= 0.3 is 0 Å². The molecular weight excluding hydrogens is 272 g/mol. The van der Waals surface area contributed by atoms with Crippen LogP contribution in [0.4, 0.5) is 0 Å². The summed E-state index contributed by atoms with van der Waals surface area (Å²) in [5.74, 6) is 0.751. The summed E-state index contributed by atoms with van der Waals surface area (Å²) in [6.07, 6.45) is 1.71. The van der Waals surface area contributed by atoms with E-state index in [-0.39, 0.29) is 0 Å². The molecule has 0 spiro atoms. The molecular formula is C13H10N6S. The van der Waals surface area contributed by atoms with Gasteiger partial charge in [-0.2, -0.15) is 15.2 Å². The third kappa shape index (κ3) is 1.50. The number of aromatic amines is 2. The van der Waals surface area contributed by atoms with Crippen molar-refractivity contribution >= 4 is 28.9 Å². The van der Waals surface area contributed by atoms with Crippen LogP contribution in [0.1, 0.15) is 5.56 Å². The van der Waals surface area contributed by atoms with E-state index in [0.29, 0.717) is 10.4 Å². The number of aryl methyl sites for hydroxylation is 1. The van der Waals surface area contributed by atoms with Crippen LogP contribution in [-0.2, 0) is 0 Å². The Morgan fingerprint density at radius 3 is 2.75 bits per heavy atom. The number of hydrogen-bond acceptors (Lipinski definition) is 4. The second-order valence-corrected chi connectivity index (χ2v) is 4.99. The molecule has 4 rings (SSSR count). The summed E-state index contributed by atoms with van der Waals surface area (Å²) in [7, 11) is 0. The van der Waals surface area contributed by atoms with Crippen LogP contribution in [0, 0.1) is 11.7 Å². The molecule has 0 bridgehead atoms. The standard InChI is InChI=1S/C13H10N6S/c1-7-2-4-8(5-3-7)11-17-18-12-9-6-14-16-10(9)15-13(20)19(11)12/h2-6,18H,1H3,(H,15,16,20). The largest absolute Gasteiger partial charge is 0.261 e. The van der Waals surface area contributed by atoms with Crippen molar-refractivity contribution in [2.24, 2.45) is 0 Å². The van der Waals surface area contributed by atoms with E-state index in [4.69, 9.17) is 12.2 Å². The van der Waals surface area contributed by atoms with Crippen LogP contribution in [0.15, 0.2) is 30.5 Å². The summed E-state index contributed by atoms with van der Waals surface area (Å²) in [5, 5.41) is 15.1. The van der Waals surface area contributed by atoms with E-state index in [2.05, 4.69) is 32.3 Å². The second-order valence-electron chi connectivity index (χ2n) is 4.62. The molecule has 0 fully saturated rings. The third-order valence-corrected chi connectivity index (χ3v) is 3.56. The SMILES string of the molecule is Cc1ccc(-c2n[nH]c3c4cn[nH]c4nc(=S)n23)cc1. The van der Waals surface area contributed by atoms with E-state index < -0.39 is 0 Å². The maximum absolute atomic E-state index is 5.36. The van der Waals surface area contributed by atoms with Gasteiger partial charge in [-0.1, -0.05) is 29.8 Å². The molecule has 0 radical (unpaired) electrons. The Kier molecular flexibility index (Phi) is 2.25. The lowest BCUT2D eigenvalue weighted by molar-refractivity contribution is 1.05. The Morgan fingerprint density at radius 2 is 1.95 bits per heavy atom. The number of H-pyrrole nitrogens is 2. The number of fused-ring (bicyclic) bond motifs is 3.